The molecule has 0 radical (unpaired) electrons. The van der Waals surface area contributed by atoms with Gasteiger partial charge in [-0.3, -0.25) is 4.79 Å². The molecule has 1 N–H and O–H groups in total. The summed E-state index contributed by atoms with van der Waals surface area (Å²) in [7, 11) is 0. The topological polar surface area (TPSA) is 68.0 Å². The molecule has 0 fully saturated rings. The average Bonchev–Trinajstić information content (AvgIpc) is 3.09. The molecule has 1 heterocycles. The van der Waals surface area contributed by atoms with E-state index in [2.05, 4.69) is 15.5 Å². The van der Waals surface area contributed by atoms with E-state index in [0.717, 1.165) is 16.7 Å². The predicted octanol–water partition coefficient (Wildman–Crippen LogP) is 3.99. The van der Waals surface area contributed by atoms with E-state index in [0.29, 0.717) is 18.1 Å². The molecule has 1 atom stereocenters. The number of carbonyl (C=O) groups is 1. The maximum absolute atomic E-state index is 13.0. The summed E-state index contributed by atoms with van der Waals surface area (Å²) < 4.78 is 18.2. The van der Waals surface area contributed by atoms with E-state index in [1.54, 1.807) is 12.1 Å². The van der Waals surface area contributed by atoms with E-state index in [9.17, 15) is 9.18 Å². The van der Waals surface area contributed by atoms with Crippen molar-refractivity contribution in [3.8, 4) is 11.4 Å². The number of halogens is 1. The smallest absolute Gasteiger partial charge is 0.227 e. The van der Waals surface area contributed by atoms with Crippen LogP contribution in [0.1, 0.15) is 36.4 Å². The zero-order valence-electron chi connectivity index (χ0n) is 14.7. The van der Waals surface area contributed by atoms with Crippen molar-refractivity contribution in [2.45, 2.75) is 32.7 Å². The van der Waals surface area contributed by atoms with Crippen molar-refractivity contribution in [2.24, 2.45) is 0 Å². The minimum atomic E-state index is -0.298. The van der Waals surface area contributed by atoms with Crippen molar-refractivity contribution in [3.63, 3.8) is 0 Å². The Balaban J connectivity index is 1.54. The quantitative estimate of drug-likeness (QED) is 0.727. The Labute approximate surface area is 151 Å². The van der Waals surface area contributed by atoms with Gasteiger partial charge in [-0.25, -0.2) is 4.39 Å². The molecule has 0 spiro atoms. The summed E-state index contributed by atoms with van der Waals surface area (Å²) in [5.41, 5.74) is 2.84. The molecule has 134 valence electrons. The number of nitrogens with one attached hydrogen (secondary N) is 1. The van der Waals surface area contributed by atoms with E-state index >= 15 is 0 Å². The molecule has 0 aliphatic rings. The number of hydrogen-bond acceptors (Lipinski definition) is 4. The molecular weight excluding hydrogens is 333 g/mol. The second-order valence-electron chi connectivity index (χ2n) is 6.22. The maximum Gasteiger partial charge on any atom is 0.227 e. The number of carbonyl (C=O) groups excluding carboxylic acids is 1. The molecular formula is C20H20FN3O2. The highest BCUT2D eigenvalue weighted by atomic mass is 19.1. The van der Waals surface area contributed by atoms with E-state index < -0.39 is 0 Å². The van der Waals surface area contributed by atoms with Crippen molar-refractivity contribution in [1.82, 2.24) is 15.5 Å². The van der Waals surface area contributed by atoms with Crippen molar-refractivity contribution in [1.29, 1.82) is 0 Å². The number of aromatic nitrogens is 2. The Bertz CT molecular complexity index is 890. The minimum Gasteiger partial charge on any atom is -0.350 e. The highest BCUT2D eigenvalue weighted by molar-refractivity contribution is 5.76. The van der Waals surface area contributed by atoms with Crippen LogP contribution < -0.4 is 5.32 Å². The molecule has 0 aliphatic carbocycles. The highest BCUT2D eigenvalue weighted by Crippen LogP contribution is 2.18. The van der Waals surface area contributed by atoms with Gasteiger partial charge in [-0.2, -0.15) is 4.98 Å². The van der Waals surface area contributed by atoms with Gasteiger partial charge >= 0.3 is 0 Å². The number of hydrogen-bond donors (Lipinski definition) is 1. The summed E-state index contributed by atoms with van der Waals surface area (Å²) in [6.07, 6.45) is 0.599. The third-order valence-electron chi connectivity index (χ3n) is 4.06. The van der Waals surface area contributed by atoms with Crippen LogP contribution in [0, 0.1) is 12.7 Å². The second-order valence-corrected chi connectivity index (χ2v) is 6.22. The van der Waals surface area contributed by atoms with E-state index in [1.165, 1.54) is 12.1 Å². The van der Waals surface area contributed by atoms with Crippen molar-refractivity contribution < 1.29 is 13.7 Å². The Kier molecular flexibility index (Phi) is 5.41. The Morgan fingerprint density at radius 2 is 2.00 bits per heavy atom. The summed E-state index contributed by atoms with van der Waals surface area (Å²) in [6, 6.07) is 13.7. The third kappa shape index (κ3) is 4.53. The van der Waals surface area contributed by atoms with Crippen molar-refractivity contribution in [3.05, 3.63) is 71.4 Å². The van der Waals surface area contributed by atoms with Crippen molar-refractivity contribution >= 4 is 5.91 Å². The number of amides is 1. The van der Waals surface area contributed by atoms with Crippen LogP contribution in [0.15, 0.2) is 53.1 Å². The molecule has 0 saturated heterocycles. The first-order valence-corrected chi connectivity index (χ1v) is 8.46. The van der Waals surface area contributed by atoms with Gasteiger partial charge in [0.1, 0.15) is 5.82 Å². The van der Waals surface area contributed by atoms with Crippen LogP contribution in [-0.2, 0) is 11.2 Å². The van der Waals surface area contributed by atoms with Crippen LogP contribution in [0.2, 0.25) is 0 Å². The Hall–Kier alpha value is -3.02. The summed E-state index contributed by atoms with van der Waals surface area (Å²) in [4.78, 5) is 16.5. The maximum atomic E-state index is 13.0. The summed E-state index contributed by atoms with van der Waals surface area (Å²) in [5.74, 6) is 0.514. The van der Waals surface area contributed by atoms with Crippen LogP contribution in [-0.4, -0.2) is 16.0 Å². The monoisotopic (exact) mass is 353 g/mol. The van der Waals surface area contributed by atoms with E-state index in [-0.39, 0.29) is 24.2 Å². The number of rotatable bonds is 6. The molecule has 6 heteroatoms. The lowest BCUT2D eigenvalue weighted by atomic mass is 10.1. The SMILES string of the molecule is Cc1cccc(-c2noc(CCC(=O)NC(C)c3ccc(F)cc3)n2)c1. The van der Waals surface area contributed by atoms with Gasteiger partial charge in [0.25, 0.3) is 0 Å². The molecule has 26 heavy (non-hydrogen) atoms. The van der Waals surface area contributed by atoms with Gasteiger partial charge in [0, 0.05) is 18.4 Å². The van der Waals surface area contributed by atoms with Gasteiger partial charge in [0.15, 0.2) is 0 Å². The summed E-state index contributed by atoms with van der Waals surface area (Å²) >= 11 is 0. The van der Waals surface area contributed by atoms with Crippen LogP contribution in [0.5, 0.6) is 0 Å². The molecule has 0 aliphatic heterocycles. The lowest BCUT2D eigenvalue weighted by Crippen LogP contribution is -2.26. The third-order valence-corrected chi connectivity index (χ3v) is 4.06. The standard InChI is InChI=1S/C20H20FN3O2/c1-13-4-3-5-16(12-13)20-23-19(26-24-20)11-10-18(25)22-14(2)15-6-8-17(21)9-7-15/h3-9,12,14H,10-11H2,1-2H3,(H,22,25). The fourth-order valence-corrected chi connectivity index (χ4v) is 2.63. The van der Waals surface area contributed by atoms with Crippen LogP contribution >= 0.6 is 0 Å². The largest absolute Gasteiger partial charge is 0.350 e. The van der Waals surface area contributed by atoms with Gasteiger partial charge in [0.05, 0.1) is 6.04 Å². The molecule has 0 bridgehead atoms. The molecule has 3 aromatic rings. The first kappa shape index (κ1) is 17.8. The number of nitrogens with zero attached hydrogens (tertiary/aromatic N) is 2. The predicted molar refractivity (Wildman–Crippen MR) is 95.7 cm³/mol. The molecule has 0 saturated carbocycles. The van der Waals surface area contributed by atoms with Crippen LogP contribution in [0.3, 0.4) is 0 Å². The van der Waals surface area contributed by atoms with Gasteiger partial charge < -0.3 is 9.84 Å². The second kappa shape index (κ2) is 7.91. The van der Waals surface area contributed by atoms with Gasteiger partial charge in [0.2, 0.25) is 17.6 Å². The van der Waals surface area contributed by atoms with Gasteiger partial charge in [-0.1, -0.05) is 41.1 Å². The number of aryl methyl sites for hydroxylation is 2. The average molecular weight is 353 g/mol. The molecule has 2 aromatic carbocycles. The Morgan fingerprint density at radius 3 is 2.73 bits per heavy atom. The van der Waals surface area contributed by atoms with Crippen molar-refractivity contribution in [2.75, 3.05) is 0 Å². The normalized spacial score (nSPS) is 12.0. The van der Waals surface area contributed by atoms with Gasteiger partial charge in [-0.15, -0.1) is 0 Å². The lowest BCUT2D eigenvalue weighted by molar-refractivity contribution is -0.121. The van der Waals surface area contributed by atoms with Crippen LogP contribution in [0.25, 0.3) is 11.4 Å². The van der Waals surface area contributed by atoms with Gasteiger partial charge in [-0.05, 0) is 37.6 Å². The molecule has 1 aromatic heterocycles. The molecule has 1 amide bonds. The Morgan fingerprint density at radius 1 is 1.23 bits per heavy atom. The van der Waals surface area contributed by atoms with Crippen LogP contribution in [0.4, 0.5) is 4.39 Å². The van der Waals surface area contributed by atoms with E-state index in [4.69, 9.17) is 4.52 Å². The zero-order valence-corrected chi connectivity index (χ0v) is 14.7. The fourth-order valence-electron chi connectivity index (χ4n) is 2.63. The van der Waals surface area contributed by atoms with E-state index in [1.807, 2.05) is 38.1 Å². The molecule has 1 unspecified atom stereocenters. The highest BCUT2D eigenvalue weighted by Gasteiger charge is 2.13. The number of benzene rings is 2. The zero-order chi connectivity index (χ0) is 18.5. The molecule has 3 rings (SSSR count). The molecule has 5 nitrogen and oxygen atoms in total. The fraction of sp³-hybridized carbons (Fsp3) is 0.250. The summed E-state index contributed by atoms with van der Waals surface area (Å²) in [5, 5.41) is 6.85. The summed E-state index contributed by atoms with van der Waals surface area (Å²) in [6.45, 7) is 3.85. The minimum absolute atomic E-state index is 0.128. The lowest BCUT2D eigenvalue weighted by Gasteiger charge is -2.13. The first-order valence-electron chi connectivity index (χ1n) is 8.46. The first-order chi connectivity index (χ1) is 12.5.